The predicted molar refractivity (Wildman–Crippen MR) is 73.8 cm³/mol. The zero-order chi connectivity index (χ0) is 13.0. The molecule has 0 radical (unpaired) electrons. The van der Waals surface area contributed by atoms with Crippen molar-refractivity contribution in [2.45, 2.75) is 6.42 Å². The van der Waals surface area contributed by atoms with Crippen LogP contribution in [0, 0.1) is 0 Å². The van der Waals surface area contributed by atoms with Crippen molar-refractivity contribution in [3.8, 4) is 0 Å². The Kier molecular flexibility index (Phi) is 4.25. The van der Waals surface area contributed by atoms with E-state index in [-0.39, 0.29) is 18.4 Å². The maximum absolute atomic E-state index is 12.0. The molecule has 0 bridgehead atoms. The topological polar surface area (TPSA) is 40.6 Å². The summed E-state index contributed by atoms with van der Waals surface area (Å²) in [5.74, 6) is 0.498. The molecule has 2 amide bonds. The van der Waals surface area contributed by atoms with Crippen molar-refractivity contribution >= 4 is 30.1 Å². The number of hydrogen-bond acceptors (Lipinski definition) is 3. The fourth-order valence-corrected chi connectivity index (χ4v) is 2.21. The molecule has 0 spiro atoms. The number of thiol groups is 1. The fourth-order valence-electron chi connectivity index (χ4n) is 2.02. The number of rotatable bonds is 3. The van der Waals surface area contributed by atoms with E-state index in [2.05, 4.69) is 12.6 Å². The molecular weight excluding hydrogens is 248 g/mol. The van der Waals surface area contributed by atoms with E-state index in [0.29, 0.717) is 25.3 Å². The van der Waals surface area contributed by atoms with Crippen LogP contribution in [0.3, 0.4) is 0 Å². The van der Waals surface area contributed by atoms with Gasteiger partial charge in [-0.15, -0.1) is 0 Å². The van der Waals surface area contributed by atoms with Crippen molar-refractivity contribution < 1.29 is 9.59 Å². The predicted octanol–water partition coefficient (Wildman–Crippen LogP) is 1.18. The van der Waals surface area contributed by atoms with Crippen LogP contribution in [0.25, 0.3) is 0 Å². The number of amides is 2. The smallest absolute Gasteiger partial charge is 0.246 e. The lowest BCUT2D eigenvalue weighted by Gasteiger charge is -2.34. The Hall–Kier alpha value is -1.49. The summed E-state index contributed by atoms with van der Waals surface area (Å²) >= 11 is 4.03. The van der Waals surface area contributed by atoms with Crippen molar-refractivity contribution in [2.24, 2.45) is 0 Å². The minimum atomic E-state index is -0.0278. The van der Waals surface area contributed by atoms with Crippen molar-refractivity contribution in [3.05, 3.63) is 30.3 Å². The van der Waals surface area contributed by atoms with Gasteiger partial charge in [-0.25, -0.2) is 0 Å². The number of carbonyl (C=O) groups excluding carboxylic acids is 2. The van der Waals surface area contributed by atoms with Gasteiger partial charge in [-0.2, -0.15) is 12.6 Å². The highest BCUT2D eigenvalue weighted by Crippen LogP contribution is 2.16. The molecule has 2 rings (SSSR count). The molecule has 0 saturated carbocycles. The second-order valence-corrected chi connectivity index (χ2v) is 4.62. The van der Waals surface area contributed by atoms with E-state index < -0.39 is 0 Å². The van der Waals surface area contributed by atoms with Crippen molar-refractivity contribution in [3.63, 3.8) is 0 Å². The van der Waals surface area contributed by atoms with Gasteiger partial charge in [0, 0.05) is 25.2 Å². The molecule has 1 fully saturated rings. The van der Waals surface area contributed by atoms with Gasteiger partial charge >= 0.3 is 0 Å². The maximum Gasteiger partial charge on any atom is 0.246 e. The molecule has 1 heterocycles. The normalized spacial score (nSPS) is 15.9. The lowest BCUT2D eigenvalue weighted by Crippen LogP contribution is -2.52. The van der Waals surface area contributed by atoms with E-state index >= 15 is 0 Å². The van der Waals surface area contributed by atoms with Crippen LogP contribution in [0.2, 0.25) is 0 Å². The zero-order valence-electron chi connectivity index (χ0n) is 10.1. The lowest BCUT2D eigenvalue weighted by atomic mass is 10.2. The van der Waals surface area contributed by atoms with Gasteiger partial charge in [0.2, 0.25) is 11.8 Å². The molecule has 1 aliphatic heterocycles. The van der Waals surface area contributed by atoms with E-state index in [1.807, 2.05) is 30.3 Å². The first-order valence-electron chi connectivity index (χ1n) is 5.96. The van der Waals surface area contributed by atoms with Gasteiger partial charge in [0.25, 0.3) is 0 Å². The Bertz CT molecular complexity index is 436. The number of anilines is 1. The molecule has 0 unspecified atom stereocenters. The minimum absolute atomic E-state index is 0.00561. The van der Waals surface area contributed by atoms with Crippen LogP contribution < -0.4 is 4.90 Å². The van der Waals surface area contributed by atoms with Gasteiger partial charge in [-0.1, -0.05) is 18.2 Å². The monoisotopic (exact) mass is 264 g/mol. The molecule has 0 atom stereocenters. The maximum atomic E-state index is 12.0. The third-order valence-corrected chi connectivity index (χ3v) is 3.19. The molecule has 1 saturated heterocycles. The van der Waals surface area contributed by atoms with E-state index in [1.165, 1.54) is 0 Å². The van der Waals surface area contributed by atoms with Crippen LogP contribution >= 0.6 is 12.6 Å². The van der Waals surface area contributed by atoms with Crippen molar-refractivity contribution in [1.82, 2.24) is 4.90 Å². The summed E-state index contributed by atoms with van der Waals surface area (Å²) in [4.78, 5) is 27.1. The Balaban J connectivity index is 2.01. The molecule has 96 valence electrons. The summed E-state index contributed by atoms with van der Waals surface area (Å²) in [6, 6.07) is 9.54. The van der Waals surface area contributed by atoms with E-state index in [4.69, 9.17) is 0 Å². The SMILES string of the molecule is O=C(CCS)N1CCN(c2ccccc2)C(=O)C1. The van der Waals surface area contributed by atoms with Gasteiger partial charge in [0.1, 0.15) is 6.54 Å². The highest BCUT2D eigenvalue weighted by molar-refractivity contribution is 7.80. The van der Waals surface area contributed by atoms with E-state index in [9.17, 15) is 9.59 Å². The first kappa shape index (κ1) is 13.0. The molecule has 0 aliphatic carbocycles. The molecule has 5 heteroatoms. The molecule has 1 aromatic rings. The largest absolute Gasteiger partial charge is 0.332 e. The first-order chi connectivity index (χ1) is 8.72. The Morgan fingerprint density at radius 1 is 1.22 bits per heavy atom. The van der Waals surface area contributed by atoms with Crippen molar-refractivity contribution in [2.75, 3.05) is 30.3 Å². The van der Waals surface area contributed by atoms with Gasteiger partial charge in [-0.3, -0.25) is 9.59 Å². The zero-order valence-corrected chi connectivity index (χ0v) is 11.0. The van der Waals surface area contributed by atoms with Gasteiger partial charge in [-0.05, 0) is 17.9 Å². The van der Waals surface area contributed by atoms with Crippen LogP contribution in [0.4, 0.5) is 5.69 Å². The quantitative estimate of drug-likeness (QED) is 0.833. The number of hydrogen-bond donors (Lipinski definition) is 1. The third kappa shape index (κ3) is 2.85. The number of nitrogens with zero attached hydrogens (tertiary/aromatic N) is 2. The molecular formula is C13H16N2O2S. The Morgan fingerprint density at radius 2 is 1.94 bits per heavy atom. The highest BCUT2D eigenvalue weighted by atomic mass is 32.1. The summed E-state index contributed by atoms with van der Waals surface area (Å²) < 4.78 is 0. The van der Waals surface area contributed by atoms with E-state index in [0.717, 1.165) is 5.69 Å². The van der Waals surface area contributed by atoms with Crippen LogP contribution in [0.1, 0.15) is 6.42 Å². The average Bonchev–Trinajstić information content (AvgIpc) is 2.40. The molecule has 0 aromatic heterocycles. The number of piperazine rings is 1. The fraction of sp³-hybridized carbons (Fsp3) is 0.385. The third-order valence-electron chi connectivity index (χ3n) is 2.97. The summed E-state index contributed by atoms with van der Waals surface area (Å²) in [6.07, 6.45) is 0.391. The highest BCUT2D eigenvalue weighted by Gasteiger charge is 2.27. The molecule has 1 aromatic carbocycles. The van der Waals surface area contributed by atoms with E-state index in [1.54, 1.807) is 9.80 Å². The number of carbonyl (C=O) groups is 2. The van der Waals surface area contributed by atoms with Crippen LogP contribution in [-0.4, -0.2) is 42.1 Å². The summed E-state index contributed by atoms with van der Waals surface area (Å²) in [5, 5.41) is 0. The van der Waals surface area contributed by atoms with Crippen molar-refractivity contribution in [1.29, 1.82) is 0 Å². The van der Waals surface area contributed by atoms with Gasteiger partial charge < -0.3 is 9.80 Å². The summed E-state index contributed by atoms with van der Waals surface area (Å²) in [7, 11) is 0. The second kappa shape index (κ2) is 5.91. The molecule has 4 nitrogen and oxygen atoms in total. The molecule has 0 N–H and O–H groups in total. The standard InChI is InChI=1S/C13H16N2O2S/c16-12(6-9-18)14-7-8-15(13(17)10-14)11-4-2-1-3-5-11/h1-5,18H,6-10H2. The molecule has 18 heavy (non-hydrogen) atoms. The summed E-state index contributed by atoms with van der Waals surface area (Å²) in [6.45, 7) is 1.32. The average molecular weight is 264 g/mol. The molecule has 1 aliphatic rings. The first-order valence-corrected chi connectivity index (χ1v) is 6.59. The Morgan fingerprint density at radius 3 is 2.56 bits per heavy atom. The van der Waals surface area contributed by atoms with Crippen LogP contribution in [0.15, 0.2) is 30.3 Å². The van der Waals surface area contributed by atoms with Gasteiger partial charge in [0.05, 0.1) is 0 Å². The Labute approximate surface area is 112 Å². The number of benzene rings is 1. The number of para-hydroxylation sites is 1. The lowest BCUT2D eigenvalue weighted by molar-refractivity contribution is -0.136. The summed E-state index contributed by atoms with van der Waals surface area (Å²) in [5.41, 5.74) is 0.892. The van der Waals surface area contributed by atoms with Crippen LogP contribution in [-0.2, 0) is 9.59 Å². The van der Waals surface area contributed by atoms with Crippen LogP contribution in [0.5, 0.6) is 0 Å². The van der Waals surface area contributed by atoms with Gasteiger partial charge in [0.15, 0.2) is 0 Å². The minimum Gasteiger partial charge on any atom is -0.332 e. The second-order valence-electron chi connectivity index (χ2n) is 4.17.